The van der Waals surface area contributed by atoms with Crippen LogP contribution < -0.4 is 5.32 Å². The Labute approximate surface area is 170 Å². The van der Waals surface area contributed by atoms with Crippen LogP contribution in [0, 0.1) is 6.92 Å². The molecule has 4 aromatic rings. The average molecular weight is 388 g/mol. The number of halogens is 1. The molecule has 0 bridgehead atoms. The first-order chi connectivity index (χ1) is 13.7. The normalized spacial score (nSPS) is 13.8. The summed E-state index contributed by atoms with van der Waals surface area (Å²) in [7, 11) is 0. The van der Waals surface area contributed by atoms with E-state index in [2.05, 4.69) is 65.5 Å². The van der Waals surface area contributed by atoms with Crippen molar-refractivity contribution in [2.24, 2.45) is 0 Å². The molecule has 0 fully saturated rings. The molecular formula is C24H22ClN3. The number of aryl methyl sites for hydroxylation is 1. The van der Waals surface area contributed by atoms with Crippen molar-refractivity contribution < 1.29 is 0 Å². The second kappa shape index (κ2) is 6.99. The minimum Gasteiger partial charge on any atom is -0.370 e. The molecule has 2 heterocycles. The molecule has 0 amide bonds. The maximum Gasteiger partial charge on any atom is 0.133 e. The second-order valence-corrected chi connectivity index (χ2v) is 7.87. The van der Waals surface area contributed by atoms with Crippen LogP contribution in [0.5, 0.6) is 0 Å². The van der Waals surface area contributed by atoms with Crippen molar-refractivity contribution >= 4 is 28.2 Å². The van der Waals surface area contributed by atoms with Gasteiger partial charge in [0.05, 0.1) is 11.4 Å². The van der Waals surface area contributed by atoms with Gasteiger partial charge in [-0.15, -0.1) is 0 Å². The Morgan fingerprint density at radius 2 is 1.86 bits per heavy atom. The van der Waals surface area contributed by atoms with E-state index in [0.717, 1.165) is 40.8 Å². The SMILES string of the molecule is Cc1cc(Cl)ccc1-n1nc(-c2cccc3ccccc23)c2c1NCCCC2. The number of nitrogens with one attached hydrogen (secondary N) is 1. The van der Waals surface area contributed by atoms with Crippen LogP contribution in [-0.4, -0.2) is 16.3 Å². The molecule has 0 unspecified atom stereocenters. The summed E-state index contributed by atoms with van der Waals surface area (Å²) >= 11 is 6.20. The van der Waals surface area contributed by atoms with E-state index in [1.165, 1.54) is 34.7 Å². The maximum absolute atomic E-state index is 6.20. The summed E-state index contributed by atoms with van der Waals surface area (Å²) in [4.78, 5) is 0. The highest BCUT2D eigenvalue weighted by molar-refractivity contribution is 6.30. The highest BCUT2D eigenvalue weighted by Gasteiger charge is 2.23. The van der Waals surface area contributed by atoms with Gasteiger partial charge in [0.25, 0.3) is 0 Å². The van der Waals surface area contributed by atoms with Gasteiger partial charge in [-0.3, -0.25) is 0 Å². The summed E-state index contributed by atoms with van der Waals surface area (Å²) in [5.41, 5.74) is 5.78. The zero-order valence-electron chi connectivity index (χ0n) is 15.9. The Bertz CT molecular complexity index is 1170. The molecular weight excluding hydrogens is 366 g/mol. The van der Waals surface area contributed by atoms with Crippen molar-refractivity contribution in [2.75, 3.05) is 11.9 Å². The number of hydrogen-bond acceptors (Lipinski definition) is 2. The fraction of sp³-hybridized carbons (Fsp3) is 0.208. The number of nitrogens with zero attached hydrogens (tertiary/aromatic N) is 2. The van der Waals surface area contributed by atoms with Crippen LogP contribution in [-0.2, 0) is 6.42 Å². The molecule has 1 aliphatic heterocycles. The quantitative estimate of drug-likeness (QED) is 0.431. The second-order valence-electron chi connectivity index (χ2n) is 7.43. The van der Waals surface area contributed by atoms with Gasteiger partial charge in [0.15, 0.2) is 0 Å². The van der Waals surface area contributed by atoms with E-state index in [9.17, 15) is 0 Å². The molecule has 140 valence electrons. The molecule has 0 aliphatic carbocycles. The summed E-state index contributed by atoms with van der Waals surface area (Å²) in [6, 6.07) is 21.0. The van der Waals surface area contributed by atoms with Crippen LogP contribution in [0.15, 0.2) is 60.7 Å². The number of benzene rings is 3. The van der Waals surface area contributed by atoms with Crippen molar-refractivity contribution in [1.29, 1.82) is 0 Å². The number of fused-ring (bicyclic) bond motifs is 2. The topological polar surface area (TPSA) is 29.9 Å². The molecule has 0 radical (unpaired) electrons. The number of rotatable bonds is 2. The van der Waals surface area contributed by atoms with Gasteiger partial charge in [0.2, 0.25) is 0 Å². The number of anilines is 1. The zero-order chi connectivity index (χ0) is 19.1. The van der Waals surface area contributed by atoms with Gasteiger partial charge in [-0.25, -0.2) is 4.68 Å². The van der Waals surface area contributed by atoms with Crippen molar-refractivity contribution in [2.45, 2.75) is 26.2 Å². The van der Waals surface area contributed by atoms with E-state index in [1.807, 2.05) is 12.1 Å². The minimum atomic E-state index is 0.752. The maximum atomic E-state index is 6.20. The number of aromatic nitrogens is 2. The van der Waals surface area contributed by atoms with E-state index in [4.69, 9.17) is 16.7 Å². The minimum absolute atomic E-state index is 0.752. The van der Waals surface area contributed by atoms with Gasteiger partial charge in [-0.05, 0) is 60.7 Å². The van der Waals surface area contributed by atoms with Crippen molar-refractivity contribution in [3.05, 3.63) is 76.8 Å². The summed E-state index contributed by atoms with van der Waals surface area (Å²) in [5.74, 6) is 1.12. The molecule has 4 heteroatoms. The third-order valence-electron chi connectivity index (χ3n) is 5.56. The van der Waals surface area contributed by atoms with Gasteiger partial charge < -0.3 is 5.32 Å². The van der Waals surface area contributed by atoms with Gasteiger partial charge in [-0.1, -0.05) is 54.1 Å². The van der Waals surface area contributed by atoms with E-state index >= 15 is 0 Å². The average Bonchev–Trinajstić information content (AvgIpc) is 2.88. The Balaban J connectivity index is 1.78. The lowest BCUT2D eigenvalue weighted by molar-refractivity contribution is 0.780. The molecule has 1 aromatic heterocycles. The fourth-order valence-corrected chi connectivity index (χ4v) is 4.41. The van der Waals surface area contributed by atoms with Crippen molar-refractivity contribution in [3.8, 4) is 16.9 Å². The standard InChI is InChI=1S/C24H22ClN3/c1-16-15-18(25)12-13-22(16)28-24-21(10-4-5-14-26-24)23(27-28)20-11-6-8-17-7-2-3-9-19(17)20/h2-3,6-9,11-13,15,26H,4-5,10,14H2,1H3. The van der Waals surface area contributed by atoms with Gasteiger partial charge in [0.1, 0.15) is 5.82 Å². The van der Waals surface area contributed by atoms with E-state index in [0.29, 0.717) is 0 Å². The first kappa shape index (κ1) is 17.3. The Morgan fingerprint density at radius 3 is 2.75 bits per heavy atom. The lowest BCUT2D eigenvalue weighted by Crippen LogP contribution is -2.08. The third kappa shape index (κ3) is 2.87. The highest BCUT2D eigenvalue weighted by atomic mass is 35.5. The molecule has 0 saturated heterocycles. The van der Waals surface area contributed by atoms with Crippen LogP contribution in [0.4, 0.5) is 5.82 Å². The zero-order valence-corrected chi connectivity index (χ0v) is 16.6. The fourth-order valence-electron chi connectivity index (χ4n) is 4.18. The van der Waals surface area contributed by atoms with Gasteiger partial charge >= 0.3 is 0 Å². The largest absolute Gasteiger partial charge is 0.370 e. The van der Waals surface area contributed by atoms with E-state index in [-0.39, 0.29) is 0 Å². The van der Waals surface area contributed by atoms with Crippen LogP contribution in [0.3, 0.4) is 0 Å². The summed E-state index contributed by atoms with van der Waals surface area (Å²) in [6.45, 7) is 3.06. The predicted octanol–water partition coefficient (Wildman–Crippen LogP) is 6.40. The first-order valence-electron chi connectivity index (χ1n) is 9.83. The van der Waals surface area contributed by atoms with Crippen LogP contribution >= 0.6 is 11.6 Å². The molecule has 0 atom stereocenters. The lowest BCUT2D eigenvalue weighted by Gasteiger charge is -2.11. The van der Waals surface area contributed by atoms with Gasteiger partial charge in [-0.2, -0.15) is 5.10 Å². The smallest absolute Gasteiger partial charge is 0.133 e. The Kier molecular flexibility index (Phi) is 4.33. The van der Waals surface area contributed by atoms with E-state index in [1.54, 1.807) is 0 Å². The Morgan fingerprint density at radius 1 is 1.00 bits per heavy atom. The van der Waals surface area contributed by atoms with Gasteiger partial charge in [0, 0.05) is 22.7 Å². The summed E-state index contributed by atoms with van der Waals surface area (Å²) in [6.07, 6.45) is 3.37. The van der Waals surface area contributed by atoms with Crippen LogP contribution in [0.25, 0.3) is 27.7 Å². The number of hydrogen-bond donors (Lipinski definition) is 1. The van der Waals surface area contributed by atoms with Crippen molar-refractivity contribution in [1.82, 2.24) is 9.78 Å². The monoisotopic (exact) mass is 387 g/mol. The summed E-state index contributed by atoms with van der Waals surface area (Å²) in [5, 5.41) is 12.0. The van der Waals surface area contributed by atoms with Crippen molar-refractivity contribution in [3.63, 3.8) is 0 Å². The molecule has 28 heavy (non-hydrogen) atoms. The molecule has 1 N–H and O–H groups in total. The van der Waals surface area contributed by atoms with Crippen LogP contribution in [0.2, 0.25) is 5.02 Å². The predicted molar refractivity (Wildman–Crippen MR) is 118 cm³/mol. The van der Waals surface area contributed by atoms with Crippen LogP contribution in [0.1, 0.15) is 24.0 Å². The third-order valence-corrected chi connectivity index (χ3v) is 5.80. The highest BCUT2D eigenvalue weighted by Crippen LogP contribution is 2.37. The molecule has 0 saturated carbocycles. The molecule has 1 aliphatic rings. The Hall–Kier alpha value is -2.78. The molecule has 3 nitrogen and oxygen atoms in total. The molecule has 5 rings (SSSR count). The summed E-state index contributed by atoms with van der Waals surface area (Å²) < 4.78 is 2.07. The first-order valence-corrected chi connectivity index (χ1v) is 10.2. The molecule has 0 spiro atoms. The lowest BCUT2D eigenvalue weighted by atomic mass is 9.98. The molecule has 3 aromatic carbocycles. The van der Waals surface area contributed by atoms with E-state index < -0.39 is 0 Å².